The van der Waals surface area contributed by atoms with Crippen LogP contribution >= 0.6 is 11.6 Å². The maximum atomic E-state index is 13.0. The number of amides is 1. The second-order valence-electron chi connectivity index (χ2n) is 4.99. The van der Waals surface area contributed by atoms with Crippen molar-refractivity contribution in [1.29, 1.82) is 0 Å². The van der Waals surface area contributed by atoms with E-state index >= 15 is 0 Å². The van der Waals surface area contributed by atoms with Gasteiger partial charge in [0.25, 0.3) is 5.91 Å². The summed E-state index contributed by atoms with van der Waals surface area (Å²) in [6.07, 6.45) is -5.71. The number of nitrogens with zero attached hydrogens (tertiary/aromatic N) is 1. The molecule has 0 aromatic heterocycles. The number of carbonyl (C=O) groups excluding carboxylic acids is 1. The Kier molecular flexibility index (Phi) is 4.08. The van der Waals surface area contributed by atoms with Gasteiger partial charge in [0, 0.05) is 18.7 Å². The summed E-state index contributed by atoms with van der Waals surface area (Å²) in [5, 5.41) is 8.58. The smallest absolute Gasteiger partial charge is 0.406 e. The molecule has 4 nitrogen and oxygen atoms in total. The maximum absolute atomic E-state index is 13.0. The lowest BCUT2D eigenvalue weighted by molar-refractivity contribution is -0.227. The Bertz CT molecular complexity index is 634. The number of aliphatic carboxylic acids is 1. The molecule has 1 N–H and O–H groups in total. The molecule has 1 amide bonds. The van der Waals surface area contributed by atoms with Gasteiger partial charge in [0.15, 0.2) is 5.41 Å². The third kappa shape index (κ3) is 2.63. The summed E-state index contributed by atoms with van der Waals surface area (Å²) in [4.78, 5) is 24.0. The van der Waals surface area contributed by atoms with E-state index < -0.39 is 42.3 Å². The summed E-state index contributed by atoms with van der Waals surface area (Å²) in [7, 11) is 0. The van der Waals surface area contributed by atoms with Crippen molar-refractivity contribution >= 4 is 23.5 Å². The lowest BCUT2D eigenvalue weighted by Crippen LogP contribution is -2.47. The van der Waals surface area contributed by atoms with Gasteiger partial charge in [-0.2, -0.15) is 13.2 Å². The average Bonchev–Trinajstić information content (AvgIpc) is 2.87. The standard InChI is InChI=1S/C13H10ClF4NO3/c14-8-5-7(1-2-9(8)15)10(20)19-4-3-12(6-19,11(21)22)13(16,17)18/h1-2,5H,3-4,6H2,(H,21,22). The van der Waals surface area contributed by atoms with E-state index in [-0.39, 0.29) is 17.1 Å². The van der Waals surface area contributed by atoms with Crippen molar-refractivity contribution in [2.24, 2.45) is 5.41 Å². The van der Waals surface area contributed by atoms with E-state index in [0.29, 0.717) is 0 Å². The minimum absolute atomic E-state index is 0.102. The molecule has 0 spiro atoms. The number of halogens is 5. The van der Waals surface area contributed by atoms with Gasteiger partial charge in [-0.3, -0.25) is 9.59 Å². The number of carboxylic acids is 1. The van der Waals surface area contributed by atoms with Crippen molar-refractivity contribution in [1.82, 2.24) is 4.90 Å². The molecule has 1 aromatic carbocycles. The fourth-order valence-corrected chi connectivity index (χ4v) is 2.50. The molecule has 1 saturated heterocycles. The molecule has 22 heavy (non-hydrogen) atoms. The van der Waals surface area contributed by atoms with Crippen LogP contribution in [-0.4, -0.2) is 41.1 Å². The van der Waals surface area contributed by atoms with Crippen LogP contribution in [0.4, 0.5) is 17.6 Å². The third-order valence-electron chi connectivity index (χ3n) is 3.68. The van der Waals surface area contributed by atoms with Crippen molar-refractivity contribution < 1.29 is 32.3 Å². The molecule has 1 aromatic rings. The molecule has 9 heteroatoms. The zero-order valence-corrected chi connectivity index (χ0v) is 11.7. The molecular formula is C13H10ClF4NO3. The topological polar surface area (TPSA) is 57.6 Å². The molecule has 1 heterocycles. The van der Waals surface area contributed by atoms with Crippen LogP contribution in [0.2, 0.25) is 5.02 Å². The summed E-state index contributed by atoms with van der Waals surface area (Å²) in [6, 6.07) is 2.99. The normalized spacial score (nSPS) is 22.0. The van der Waals surface area contributed by atoms with Gasteiger partial charge in [0.1, 0.15) is 5.82 Å². The molecule has 1 fully saturated rings. The average molecular weight is 340 g/mol. The van der Waals surface area contributed by atoms with Crippen molar-refractivity contribution in [2.75, 3.05) is 13.1 Å². The molecule has 1 aliphatic rings. The van der Waals surface area contributed by atoms with Crippen LogP contribution in [0.15, 0.2) is 18.2 Å². The van der Waals surface area contributed by atoms with Crippen molar-refractivity contribution in [3.05, 3.63) is 34.6 Å². The number of alkyl halides is 3. The fourth-order valence-electron chi connectivity index (χ4n) is 2.32. The second kappa shape index (κ2) is 5.42. The Morgan fingerprint density at radius 1 is 1.32 bits per heavy atom. The van der Waals surface area contributed by atoms with E-state index in [9.17, 15) is 27.2 Å². The van der Waals surface area contributed by atoms with Gasteiger partial charge in [0.2, 0.25) is 0 Å². The summed E-state index contributed by atoms with van der Waals surface area (Å²) in [5.41, 5.74) is -3.08. The maximum Gasteiger partial charge on any atom is 0.406 e. The van der Waals surface area contributed by atoms with Gasteiger partial charge >= 0.3 is 12.1 Å². The lowest BCUT2D eigenvalue weighted by atomic mass is 9.86. The van der Waals surface area contributed by atoms with Crippen LogP contribution in [0.5, 0.6) is 0 Å². The second-order valence-corrected chi connectivity index (χ2v) is 5.40. The number of likely N-dealkylation sites (tertiary alicyclic amines) is 1. The van der Waals surface area contributed by atoms with Gasteiger partial charge in [-0.15, -0.1) is 0 Å². The zero-order chi connectivity index (χ0) is 16.7. The van der Waals surface area contributed by atoms with E-state index in [1.165, 1.54) is 0 Å². The summed E-state index contributed by atoms with van der Waals surface area (Å²) in [5.74, 6) is -3.61. The van der Waals surface area contributed by atoms with Gasteiger partial charge in [0.05, 0.1) is 5.02 Å². The van der Waals surface area contributed by atoms with E-state index in [1.807, 2.05) is 0 Å². The highest BCUT2D eigenvalue weighted by atomic mass is 35.5. The Morgan fingerprint density at radius 2 is 1.95 bits per heavy atom. The molecular weight excluding hydrogens is 330 g/mol. The highest BCUT2D eigenvalue weighted by Crippen LogP contribution is 2.46. The molecule has 1 aliphatic heterocycles. The number of rotatable bonds is 2. The monoisotopic (exact) mass is 339 g/mol. The predicted octanol–water partition coefficient (Wildman–Crippen LogP) is 2.96. The molecule has 2 rings (SSSR count). The largest absolute Gasteiger partial charge is 0.481 e. The van der Waals surface area contributed by atoms with Crippen LogP contribution in [0.3, 0.4) is 0 Å². The fraction of sp³-hybridized carbons (Fsp3) is 0.385. The van der Waals surface area contributed by atoms with Crippen molar-refractivity contribution in [2.45, 2.75) is 12.6 Å². The van der Waals surface area contributed by atoms with Crippen LogP contribution in [0.25, 0.3) is 0 Å². The van der Waals surface area contributed by atoms with Gasteiger partial charge in [-0.05, 0) is 24.6 Å². The van der Waals surface area contributed by atoms with E-state index in [2.05, 4.69) is 0 Å². The molecule has 0 radical (unpaired) electrons. The molecule has 1 unspecified atom stereocenters. The summed E-state index contributed by atoms with van der Waals surface area (Å²) < 4.78 is 52.1. The first-order chi connectivity index (χ1) is 10.1. The minimum atomic E-state index is -4.98. The van der Waals surface area contributed by atoms with Gasteiger partial charge in [-0.25, -0.2) is 4.39 Å². The molecule has 0 bridgehead atoms. The number of carboxylic acid groups (broad SMARTS) is 1. The Balaban J connectivity index is 2.27. The first-order valence-corrected chi connectivity index (χ1v) is 6.51. The van der Waals surface area contributed by atoms with Crippen LogP contribution < -0.4 is 0 Å². The zero-order valence-electron chi connectivity index (χ0n) is 11.0. The van der Waals surface area contributed by atoms with Gasteiger partial charge in [-0.1, -0.05) is 11.6 Å². The highest BCUT2D eigenvalue weighted by Gasteiger charge is 2.64. The van der Waals surface area contributed by atoms with Crippen LogP contribution in [0, 0.1) is 11.2 Å². The Labute approximate surface area is 127 Å². The van der Waals surface area contributed by atoms with Gasteiger partial charge < -0.3 is 10.0 Å². The molecule has 1 atom stereocenters. The number of carbonyl (C=O) groups is 2. The predicted molar refractivity (Wildman–Crippen MR) is 68.1 cm³/mol. The highest BCUT2D eigenvalue weighted by molar-refractivity contribution is 6.31. The quantitative estimate of drug-likeness (QED) is 0.843. The lowest BCUT2D eigenvalue weighted by Gasteiger charge is -2.27. The third-order valence-corrected chi connectivity index (χ3v) is 3.96. The number of benzene rings is 1. The Hall–Kier alpha value is -1.83. The van der Waals surface area contributed by atoms with Crippen LogP contribution in [0.1, 0.15) is 16.8 Å². The first kappa shape index (κ1) is 16.5. The summed E-state index contributed by atoms with van der Waals surface area (Å²) >= 11 is 5.52. The van der Waals surface area contributed by atoms with E-state index in [1.54, 1.807) is 0 Å². The molecule has 120 valence electrons. The SMILES string of the molecule is O=C(c1ccc(F)c(Cl)c1)N1CCC(C(=O)O)(C(F)(F)F)C1. The van der Waals surface area contributed by atoms with E-state index in [0.717, 1.165) is 23.1 Å². The van der Waals surface area contributed by atoms with Crippen LogP contribution in [-0.2, 0) is 4.79 Å². The van der Waals surface area contributed by atoms with Crippen molar-refractivity contribution in [3.8, 4) is 0 Å². The van der Waals surface area contributed by atoms with Crippen molar-refractivity contribution in [3.63, 3.8) is 0 Å². The van der Waals surface area contributed by atoms with E-state index in [4.69, 9.17) is 16.7 Å². The number of hydrogen-bond acceptors (Lipinski definition) is 2. The number of hydrogen-bond donors (Lipinski definition) is 1. The molecule has 0 saturated carbocycles. The minimum Gasteiger partial charge on any atom is -0.481 e. The first-order valence-electron chi connectivity index (χ1n) is 6.13. The molecule has 0 aliphatic carbocycles. The summed E-state index contributed by atoms with van der Waals surface area (Å²) in [6.45, 7) is -1.35. The Morgan fingerprint density at radius 3 is 2.41 bits per heavy atom.